The first-order chi connectivity index (χ1) is 14.3. The third-order valence-electron chi connectivity index (χ3n) is 5.06. The van der Waals surface area contributed by atoms with Crippen LogP contribution in [0, 0.1) is 5.82 Å². The summed E-state index contributed by atoms with van der Waals surface area (Å²) in [6.07, 6.45) is 0.408. The summed E-state index contributed by atoms with van der Waals surface area (Å²) in [5.41, 5.74) is 2.25. The third kappa shape index (κ3) is 4.56. The largest absolute Gasteiger partial charge is 0.444 e. The third-order valence-corrected chi connectivity index (χ3v) is 5.06. The maximum Gasteiger partial charge on any atom is 0.407 e. The van der Waals surface area contributed by atoms with Gasteiger partial charge in [0, 0.05) is 13.1 Å². The summed E-state index contributed by atoms with van der Waals surface area (Å²) in [4.78, 5) is 19.1. The number of carbonyl (C=O) groups is 1. The van der Waals surface area contributed by atoms with Crippen molar-refractivity contribution in [2.75, 3.05) is 18.0 Å². The molecule has 0 bridgehead atoms. The highest BCUT2D eigenvalue weighted by atomic mass is 19.1. The molecule has 30 heavy (non-hydrogen) atoms. The van der Waals surface area contributed by atoms with Crippen molar-refractivity contribution in [3.63, 3.8) is 0 Å². The number of benzene rings is 2. The molecule has 0 aliphatic carbocycles. The number of nitrogens with zero attached hydrogens (tertiary/aromatic N) is 3. The molecule has 1 aliphatic rings. The van der Waals surface area contributed by atoms with Gasteiger partial charge in [0.2, 0.25) is 5.95 Å². The van der Waals surface area contributed by atoms with Crippen LogP contribution in [-0.4, -0.2) is 40.4 Å². The molecule has 7 heteroatoms. The quantitative estimate of drug-likeness (QED) is 0.696. The standard InChI is InChI=1S/C23H27FN4O2/c1-23(2,3)30-22(29)25-18-11-12-27(15-18)21-26-19-9-4-5-10-20(19)28(21)14-16-7-6-8-17(24)13-16/h4-10,13,18H,11-12,14-15H2,1-3H3,(H,25,29)/t18-/m0/s1. The molecule has 0 saturated carbocycles. The Hall–Kier alpha value is -3.09. The summed E-state index contributed by atoms with van der Waals surface area (Å²) in [6, 6.07) is 14.6. The zero-order chi connectivity index (χ0) is 21.3. The number of aromatic nitrogens is 2. The van der Waals surface area contributed by atoms with E-state index in [2.05, 4.69) is 14.8 Å². The van der Waals surface area contributed by atoms with Crippen molar-refractivity contribution in [1.82, 2.24) is 14.9 Å². The number of carbonyl (C=O) groups excluding carboxylic acids is 1. The van der Waals surface area contributed by atoms with E-state index in [9.17, 15) is 9.18 Å². The Bertz CT molecular complexity index is 1060. The molecule has 3 aromatic rings. The normalized spacial score (nSPS) is 16.8. The lowest BCUT2D eigenvalue weighted by Crippen LogP contribution is -2.40. The Labute approximate surface area is 175 Å². The first-order valence-corrected chi connectivity index (χ1v) is 10.2. The van der Waals surface area contributed by atoms with Gasteiger partial charge >= 0.3 is 6.09 Å². The molecule has 0 unspecified atom stereocenters. The number of rotatable bonds is 4. The van der Waals surface area contributed by atoms with Crippen LogP contribution in [0.1, 0.15) is 32.8 Å². The summed E-state index contributed by atoms with van der Waals surface area (Å²) >= 11 is 0. The van der Waals surface area contributed by atoms with E-state index in [-0.39, 0.29) is 11.9 Å². The molecule has 4 rings (SSSR count). The van der Waals surface area contributed by atoms with E-state index in [1.54, 1.807) is 12.1 Å². The Morgan fingerprint density at radius 2 is 2.03 bits per heavy atom. The molecule has 1 N–H and O–H groups in total. The molecule has 2 heterocycles. The van der Waals surface area contributed by atoms with E-state index in [0.29, 0.717) is 13.1 Å². The molecule has 1 fully saturated rings. The molecule has 1 saturated heterocycles. The predicted octanol–water partition coefficient (Wildman–Crippen LogP) is 4.33. The van der Waals surface area contributed by atoms with Crippen molar-refractivity contribution in [3.05, 3.63) is 59.9 Å². The smallest absolute Gasteiger partial charge is 0.407 e. The molecule has 2 aromatic carbocycles. The van der Waals surface area contributed by atoms with Crippen LogP contribution in [0.3, 0.4) is 0 Å². The molecule has 1 amide bonds. The van der Waals surface area contributed by atoms with Crippen LogP contribution in [0.4, 0.5) is 15.1 Å². The zero-order valence-electron chi connectivity index (χ0n) is 17.6. The van der Waals surface area contributed by atoms with Crippen LogP contribution in [-0.2, 0) is 11.3 Å². The van der Waals surface area contributed by atoms with Gasteiger partial charge in [-0.25, -0.2) is 14.2 Å². The number of ether oxygens (including phenoxy) is 1. The maximum atomic E-state index is 13.7. The summed E-state index contributed by atoms with van der Waals surface area (Å²) in [7, 11) is 0. The number of alkyl carbamates (subject to hydrolysis) is 1. The predicted molar refractivity (Wildman–Crippen MR) is 115 cm³/mol. The Morgan fingerprint density at radius 1 is 1.23 bits per heavy atom. The second kappa shape index (κ2) is 7.97. The first-order valence-electron chi connectivity index (χ1n) is 10.2. The van der Waals surface area contributed by atoms with Gasteiger partial charge in [-0.2, -0.15) is 0 Å². The Balaban J connectivity index is 1.56. The average molecular weight is 410 g/mol. The number of nitrogens with one attached hydrogen (secondary N) is 1. The molecule has 0 spiro atoms. The number of para-hydroxylation sites is 2. The van der Waals surface area contributed by atoms with E-state index in [0.717, 1.165) is 35.5 Å². The van der Waals surface area contributed by atoms with Gasteiger partial charge in [-0.3, -0.25) is 0 Å². The van der Waals surface area contributed by atoms with Gasteiger partial charge in [0.25, 0.3) is 0 Å². The van der Waals surface area contributed by atoms with Gasteiger partial charge in [0.15, 0.2) is 0 Å². The SMILES string of the molecule is CC(C)(C)OC(=O)N[C@H]1CCN(c2nc3ccccc3n2Cc2cccc(F)c2)C1. The number of fused-ring (bicyclic) bond motifs is 1. The second-order valence-corrected chi connectivity index (χ2v) is 8.69. The van der Waals surface area contributed by atoms with Crippen molar-refractivity contribution >= 4 is 23.1 Å². The number of hydrogen-bond donors (Lipinski definition) is 1. The summed E-state index contributed by atoms with van der Waals surface area (Å²) in [5, 5.41) is 2.96. The number of anilines is 1. The van der Waals surface area contributed by atoms with Crippen molar-refractivity contribution < 1.29 is 13.9 Å². The van der Waals surface area contributed by atoms with Gasteiger partial charge in [-0.1, -0.05) is 24.3 Å². The van der Waals surface area contributed by atoms with E-state index in [4.69, 9.17) is 9.72 Å². The highest BCUT2D eigenvalue weighted by Gasteiger charge is 2.29. The molecule has 6 nitrogen and oxygen atoms in total. The zero-order valence-corrected chi connectivity index (χ0v) is 17.6. The average Bonchev–Trinajstić information content (AvgIpc) is 3.25. The fourth-order valence-corrected chi connectivity index (χ4v) is 3.81. The fourth-order valence-electron chi connectivity index (χ4n) is 3.81. The monoisotopic (exact) mass is 410 g/mol. The topological polar surface area (TPSA) is 59.4 Å². The minimum Gasteiger partial charge on any atom is -0.444 e. The second-order valence-electron chi connectivity index (χ2n) is 8.69. The summed E-state index contributed by atoms with van der Waals surface area (Å²) in [6.45, 7) is 7.49. The van der Waals surface area contributed by atoms with Crippen LogP contribution in [0.5, 0.6) is 0 Å². The van der Waals surface area contributed by atoms with Crippen LogP contribution >= 0.6 is 0 Å². The van der Waals surface area contributed by atoms with E-state index < -0.39 is 11.7 Å². The lowest BCUT2D eigenvalue weighted by molar-refractivity contribution is 0.0509. The van der Waals surface area contributed by atoms with Crippen LogP contribution in [0.25, 0.3) is 11.0 Å². The van der Waals surface area contributed by atoms with Crippen LogP contribution < -0.4 is 10.2 Å². The highest BCUT2D eigenvalue weighted by Crippen LogP contribution is 2.27. The molecule has 0 radical (unpaired) electrons. The molecule has 1 aliphatic heterocycles. The fraction of sp³-hybridized carbons (Fsp3) is 0.391. The van der Waals surface area contributed by atoms with Crippen molar-refractivity contribution in [3.8, 4) is 0 Å². The van der Waals surface area contributed by atoms with Gasteiger partial charge in [0.1, 0.15) is 11.4 Å². The van der Waals surface area contributed by atoms with E-state index >= 15 is 0 Å². The molecule has 1 aromatic heterocycles. The molecular weight excluding hydrogens is 383 g/mol. The van der Waals surface area contributed by atoms with Crippen molar-refractivity contribution in [1.29, 1.82) is 0 Å². The number of hydrogen-bond acceptors (Lipinski definition) is 4. The summed E-state index contributed by atoms with van der Waals surface area (Å²) in [5.74, 6) is 0.579. The van der Waals surface area contributed by atoms with Gasteiger partial charge in [-0.05, 0) is 57.0 Å². The lowest BCUT2D eigenvalue weighted by Gasteiger charge is -2.22. The van der Waals surface area contributed by atoms with E-state index in [1.165, 1.54) is 6.07 Å². The lowest BCUT2D eigenvalue weighted by atomic mass is 10.2. The van der Waals surface area contributed by atoms with Gasteiger partial charge < -0.3 is 19.5 Å². The number of imidazole rings is 1. The Morgan fingerprint density at radius 3 is 2.80 bits per heavy atom. The minimum absolute atomic E-state index is 0.0118. The van der Waals surface area contributed by atoms with Gasteiger partial charge in [0.05, 0.1) is 23.6 Å². The Kier molecular flexibility index (Phi) is 5.37. The van der Waals surface area contributed by atoms with Crippen molar-refractivity contribution in [2.24, 2.45) is 0 Å². The van der Waals surface area contributed by atoms with Crippen LogP contribution in [0.2, 0.25) is 0 Å². The summed E-state index contributed by atoms with van der Waals surface area (Å²) < 4.78 is 21.2. The highest BCUT2D eigenvalue weighted by molar-refractivity contribution is 5.79. The molecular formula is C23H27FN4O2. The van der Waals surface area contributed by atoms with Gasteiger partial charge in [-0.15, -0.1) is 0 Å². The molecule has 1 atom stereocenters. The van der Waals surface area contributed by atoms with Crippen LogP contribution in [0.15, 0.2) is 48.5 Å². The number of halogens is 1. The maximum absolute atomic E-state index is 13.7. The molecule has 158 valence electrons. The number of amides is 1. The first kappa shape index (κ1) is 20.2. The van der Waals surface area contributed by atoms with E-state index in [1.807, 2.05) is 51.1 Å². The van der Waals surface area contributed by atoms with Crippen molar-refractivity contribution in [2.45, 2.75) is 45.4 Å². The minimum atomic E-state index is -0.526.